The van der Waals surface area contributed by atoms with E-state index in [1.54, 1.807) is 54.6 Å². The molecule has 0 saturated carbocycles. The van der Waals surface area contributed by atoms with Crippen LogP contribution in [0, 0.1) is 0 Å². The van der Waals surface area contributed by atoms with Gasteiger partial charge in [-0.1, -0.05) is 48.5 Å². The van der Waals surface area contributed by atoms with Crippen LogP contribution in [0.1, 0.15) is 0 Å². The van der Waals surface area contributed by atoms with Gasteiger partial charge in [0, 0.05) is 10.9 Å². The number of halogens is 3. The van der Waals surface area contributed by atoms with E-state index in [0.29, 0.717) is 10.9 Å². The van der Waals surface area contributed by atoms with Gasteiger partial charge in [-0.3, -0.25) is 4.79 Å². The molecule has 3 aromatic rings. The molecular weight excluding hydrogens is 307 g/mol. The van der Waals surface area contributed by atoms with Gasteiger partial charge in [0.15, 0.2) is 12.4 Å². The van der Waals surface area contributed by atoms with Gasteiger partial charge in [-0.25, -0.2) is 0 Å². The number of ether oxygens (including phenoxy) is 1. The third kappa shape index (κ3) is 3.21. The fraction of sp³-hybridized carbons (Fsp3) is 0.118. The van der Waals surface area contributed by atoms with Crippen LogP contribution in [0.2, 0.25) is 0 Å². The highest BCUT2D eigenvalue weighted by Crippen LogP contribution is 2.34. The third-order valence-electron chi connectivity index (χ3n) is 3.32. The van der Waals surface area contributed by atoms with E-state index >= 15 is 0 Å². The van der Waals surface area contributed by atoms with Gasteiger partial charge in [-0.2, -0.15) is 13.2 Å². The summed E-state index contributed by atoms with van der Waals surface area (Å²) < 4.78 is 42.7. The number of aromatic nitrogens is 1. The summed E-state index contributed by atoms with van der Waals surface area (Å²) in [5.41, 5.74) is 0.435. The van der Waals surface area contributed by atoms with E-state index < -0.39 is 12.8 Å². The van der Waals surface area contributed by atoms with Crippen LogP contribution in [-0.2, 0) is 0 Å². The summed E-state index contributed by atoms with van der Waals surface area (Å²) in [5, 5.41) is 0.628. The molecule has 1 N–H and O–H groups in total. The third-order valence-corrected chi connectivity index (χ3v) is 3.32. The molecule has 0 saturated heterocycles. The second-order valence-electron chi connectivity index (χ2n) is 4.97. The van der Waals surface area contributed by atoms with E-state index in [1.807, 2.05) is 0 Å². The molecular formula is C17H12F3NO2. The van der Waals surface area contributed by atoms with E-state index in [9.17, 15) is 18.0 Å². The standard InChI is InChI=1S/C17H12F3NO2/c18-17(19,20)10-23-15-12-8-4-5-9-13(12)16(22)21-14(15)11-6-2-1-3-7-11/h1-9H,10H2,(H,21,22). The van der Waals surface area contributed by atoms with Gasteiger partial charge in [0.05, 0.1) is 11.1 Å². The average Bonchev–Trinajstić information content (AvgIpc) is 2.54. The number of aromatic amines is 1. The quantitative estimate of drug-likeness (QED) is 0.788. The predicted molar refractivity (Wildman–Crippen MR) is 81.6 cm³/mol. The molecule has 23 heavy (non-hydrogen) atoms. The molecule has 0 radical (unpaired) electrons. The van der Waals surface area contributed by atoms with Crippen molar-refractivity contribution in [3.8, 4) is 17.0 Å². The van der Waals surface area contributed by atoms with E-state index in [4.69, 9.17) is 4.74 Å². The molecule has 1 heterocycles. The summed E-state index contributed by atoms with van der Waals surface area (Å²) in [6.07, 6.45) is -4.47. The van der Waals surface area contributed by atoms with Gasteiger partial charge >= 0.3 is 6.18 Å². The topological polar surface area (TPSA) is 42.1 Å². The molecule has 1 aromatic heterocycles. The molecule has 118 valence electrons. The summed E-state index contributed by atoms with van der Waals surface area (Å²) in [6, 6.07) is 15.0. The van der Waals surface area contributed by atoms with Crippen LogP contribution in [-0.4, -0.2) is 17.8 Å². The minimum absolute atomic E-state index is 0.0173. The maximum atomic E-state index is 12.6. The van der Waals surface area contributed by atoms with Crippen molar-refractivity contribution in [3.05, 3.63) is 65.0 Å². The Morgan fingerprint density at radius 2 is 1.52 bits per heavy atom. The fourth-order valence-electron chi connectivity index (χ4n) is 2.36. The van der Waals surface area contributed by atoms with Crippen molar-refractivity contribution < 1.29 is 17.9 Å². The number of rotatable bonds is 3. The Morgan fingerprint density at radius 1 is 0.913 bits per heavy atom. The van der Waals surface area contributed by atoms with Crippen LogP contribution >= 0.6 is 0 Å². The lowest BCUT2D eigenvalue weighted by atomic mass is 10.1. The molecule has 0 atom stereocenters. The van der Waals surface area contributed by atoms with Crippen molar-refractivity contribution in [1.82, 2.24) is 4.98 Å². The molecule has 0 fully saturated rings. The zero-order valence-electron chi connectivity index (χ0n) is 11.9. The molecule has 0 unspecified atom stereocenters. The molecule has 2 aromatic carbocycles. The molecule has 0 spiro atoms. The first-order chi connectivity index (χ1) is 11.0. The van der Waals surface area contributed by atoms with Crippen LogP contribution in [0.25, 0.3) is 22.0 Å². The van der Waals surface area contributed by atoms with Crippen LogP contribution in [0.5, 0.6) is 5.75 Å². The van der Waals surface area contributed by atoms with Gasteiger partial charge < -0.3 is 9.72 Å². The lowest BCUT2D eigenvalue weighted by molar-refractivity contribution is -0.153. The average molecular weight is 319 g/mol. The van der Waals surface area contributed by atoms with E-state index in [2.05, 4.69) is 4.98 Å². The number of fused-ring (bicyclic) bond motifs is 1. The summed E-state index contributed by atoms with van der Waals surface area (Å²) in [6.45, 7) is -1.43. The highest BCUT2D eigenvalue weighted by molar-refractivity contribution is 5.92. The Bertz CT molecular complexity index is 886. The van der Waals surface area contributed by atoms with Crippen LogP contribution < -0.4 is 10.3 Å². The van der Waals surface area contributed by atoms with E-state index in [0.717, 1.165) is 0 Å². The highest BCUT2D eigenvalue weighted by Gasteiger charge is 2.29. The monoisotopic (exact) mass is 319 g/mol. The lowest BCUT2D eigenvalue weighted by Gasteiger charge is -2.15. The second kappa shape index (κ2) is 5.79. The SMILES string of the molecule is O=c1[nH]c(-c2ccccc2)c(OCC(F)(F)F)c2ccccc12. The first-order valence-electron chi connectivity index (χ1n) is 6.86. The Hall–Kier alpha value is -2.76. The van der Waals surface area contributed by atoms with Gasteiger partial charge in [0.1, 0.15) is 0 Å². The van der Waals surface area contributed by atoms with Crippen LogP contribution in [0.3, 0.4) is 0 Å². The van der Waals surface area contributed by atoms with Crippen molar-refractivity contribution >= 4 is 10.8 Å². The smallest absolute Gasteiger partial charge is 0.422 e. The van der Waals surface area contributed by atoms with Crippen molar-refractivity contribution in [1.29, 1.82) is 0 Å². The molecule has 0 aliphatic rings. The predicted octanol–water partition coefficient (Wildman–Crippen LogP) is 4.14. The highest BCUT2D eigenvalue weighted by atomic mass is 19.4. The molecule has 0 aliphatic carbocycles. The summed E-state index contributed by atoms with van der Waals surface area (Å²) >= 11 is 0. The van der Waals surface area contributed by atoms with Crippen molar-refractivity contribution in [2.45, 2.75) is 6.18 Å². The lowest BCUT2D eigenvalue weighted by Crippen LogP contribution is -2.20. The van der Waals surface area contributed by atoms with Gasteiger partial charge in [0.25, 0.3) is 5.56 Å². The van der Waals surface area contributed by atoms with Gasteiger partial charge in [-0.05, 0) is 6.07 Å². The van der Waals surface area contributed by atoms with E-state index in [-0.39, 0.29) is 22.4 Å². The zero-order chi connectivity index (χ0) is 16.4. The number of alkyl halides is 3. The number of nitrogens with one attached hydrogen (secondary N) is 1. The Morgan fingerprint density at radius 3 is 2.17 bits per heavy atom. The zero-order valence-corrected chi connectivity index (χ0v) is 11.9. The van der Waals surface area contributed by atoms with Crippen molar-refractivity contribution in [2.24, 2.45) is 0 Å². The number of hydrogen-bond acceptors (Lipinski definition) is 2. The summed E-state index contributed by atoms with van der Waals surface area (Å²) in [5.74, 6) is 0.0173. The minimum Gasteiger partial charge on any atom is -0.481 e. The molecule has 3 rings (SSSR count). The molecule has 0 aliphatic heterocycles. The molecule has 6 heteroatoms. The first-order valence-corrected chi connectivity index (χ1v) is 6.86. The molecule has 0 bridgehead atoms. The Labute approximate surface area is 129 Å². The molecule has 3 nitrogen and oxygen atoms in total. The largest absolute Gasteiger partial charge is 0.481 e. The number of H-pyrrole nitrogens is 1. The summed E-state index contributed by atoms with van der Waals surface area (Å²) in [4.78, 5) is 14.8. The number of pyridine rings is 1. The minimum atomic E-state index is -4.47. The van der Waals surface area contributed by atoms with Gasteiger partial charge in [0.2, 0.25) is 0 Å². The van der Waals surface area contributed by atoms with Crippen molar-refractivity contribution in [2.75, 3.05) is 6.61 Å². The first kappa shape index (κ1) is 15.1. The summed E-state index contributed by atoms with van der Waals surface area (Å²) in [7, 11) is 0. The maximum absolute atomic E-state index is 12.6. The van der Waals surface area contributed by atoms with Gasteiger partial charge in [-0.15, -0.1) is 0 Å². The van der Waals surface area contributed by atoms with Crippen molar-refractivity contribution in [3.63, 3.8) is 0 Å². The van der Waals surface area contributed by atoms with Crippen LogP contribution in [0.15, 0.2) is 59.4 Å². The second-order valence-corrected chi connectivity index (χ2v) is 4.97. The maximum Gasteiger partial charge on any atom is 0.422 e. The fourth-order valence-corrected chi connectivity index (χ4v) is 2.36. The number of hydrogen-bond donors (Lipinski definition) is 1. The van der Waals surface area contributed by atoms with E-state index in [1.165, 1.54) is 0 Å². The number of benzene rings is 2. The Kier molecular flexibility index (Phi) is 3.82. The van der Waals surface area contributed by atoms with Crippen LogP contribution in [0.4, 0.5) is 13.2 Å². The molecule has 0 amide bonds. The normalized spacial score (nSPS) is 11.6. The Balaban J connectivity index is 2.24.